The number of hydrogen-bond donors (Lipinski definition) is 0. The molecule has 0 saturated heterocycles. The molecule has 0 amide bonds. The second kappa shape index (κ2) is 5.84. The largest absolute Gasteiger partial charge is 0.446 e. The topological polar surface area (TPSA) is 39.2 Å². The third-order valence-electron chi connectivity index (χ3n) is 3.24. The van der Waals surface area contributed by atoms with E-state index in [1.807, 2.05) is 0 Å². The number of fused-ring (bicyclic) bond motifs is 1. The van der Waals surface area contributed by atoms with Crippen LogP contribution < -0.4 is 4.74 Å². The summed E-state index contributed by atoms with van der Waals surface area (Å²) in [5.74, 6) is -0.901. The van der Waals surface area contributed by atoms with Gasteiger partial charge in [-0.05, 0) is 36.4 Å². The molecule has 23 heavy (non-hydrogen) atoms. The molecular weight excluding hydrogens is 334 g/mol. The maximum absolute atomic E-state index is 13.1. The molecule has 0 saturated carbocycles. The fourth-order valence-corrected chi connectivity index (χ4v) is 3.11. The molecule has 0 radical (unpaired) electrons. The Bertz CT molecular complexity index is 777. The van der Waals surface area contributed by atoms with Crippen LogP contribution in [0.3, 0.4) is 0 Å². The van der Waals surface area contributed by atoms with E-state index in [2.05, 4.69) is 4.98 Å². The maximum Gasteiger partial charge on any atom is 0.446 e. The van der Waals surface area contributed by atoms with Gasteiger partial charge in [-0.2, -0.15) is 22.5 Å². The van der Waals surface area contributed by atoms with Gasteiger partial charge in [0.25, 0.3) is 0 Å². The van der Waals surface area contributed by atoms with Crippen molar-refractivity contribution in [1.82, 2.24) is 4.98 Å². The number of carbonyl (C=O) groups is 1. The number of pyridine rings is 1. The van der Waals surface area contributed by atoms with Crippen LogP contribution in [0.2, 0.25) is 0 Å². The smallest absolute Gasteiger partial charge is 0.439 e. The van der Waals surface area contributed by atoms with Crippen LogP contribution in [-0.4, -0.2) is 16.3 Å². The van der Waals surface area contributed by atoms with Crippen molar-refractivity contribution >= 4 is 17.5 Å². The van der Waals surface area contributed by atoms with Gasteiger partial charge < -0.3 is 4.74 Å². The zero-order valence-corrected chi connectivity index (χ0v) is 12.3. The highest BCUT2D eigenvalue weighted by atomic mass is 32.2. The Morgan fingerprint density at radius 1 is 1.13 bits per heavy atom. The first kappa shape index (κ1) is 15.8. The van der Waals surface area contributed by atoms with E-state index in [0.29, 0.717) is 5.56 Å². The minimum absolute atomic E-state index is 0.0252. The summed E-state index contributed by atoms with van der Waals surface area (Å²) < 4.78 is 56.3. The number of halogens is 4. The summed E-state index contributed by atoms with van der Waals surface area (Å²) in [7, 11) is 0. The lowest BCUT2D eigenvalue weighted by Crippen LogP contribution is -2.04. The van der Waals surface area contributed by atoms with Crippen molar-refractivity contribution in [2.24, 2.45) is 0 Å². The summed E-state index contributed by atoms with van der Waals surface area (Å²) in [4.78, 5) is 15.3. The van der Waals surface area contributed by atoms with E-state index in [-0.39, 0.29) is 52.5 Å². The zero-order valence-electron chi connectivity index (χ0n) is 11.5. The molecule has 1 aromatic carbocycles. The van der Waals surface area contributed by atoms with E-state index in [0.717, 1.165) is 6.07 Å². The van der Waals surface area contributed by atoms with Crippen LogP contribution in [0.25, 0.3) is 0 Å². The molecule has 0 atom stereocenters. The molecule has 3 rings (SSSR count). The van der Waals surface area contributed by atoms with Crippen molar-refractivity contribution in [3.05, 3.63) is 47.4 Å². The second-order valence-electron chi connectivity index (χ2n) is 4.79. The number of aromatic nitrogens is 1. The average Bonchev–Trinajstić information content (AvgIpc) is 2.83. The highest BCUT2D eigenvalue weighted by Gasteiger charge is 2.35. The van der Waals surface area contributed by atoms with E-state index in [9.17, 15) is 22.4 Å². The van der Waals surface area contributed by atoms with Gasteiger partial charge >= 0.3 is 5.51 Å². The molecule has 0 spiro atoms. The molecule has 2 aromatic rings. The predicted molar refractivity (Wildman–Crippen MR) is 75.3 cm³/mol. The van der Waals surface area contributed by atoms with E-state index < -0.39 is 11.5 Å². The summed E-state index contributed by atoms with van der Waals surface area (Å²) in [6, 6.07) is 6.50. The van der Waals surface area contributed by atoms with E-state index in [1.54, 1.807) is 0 Å². The normalized spacial score (nSPS) is 14.0. The Morgan fingerprint density at radius 3 is 2.61 bits per heavy atom. The van der Waals surface area contributed by atoms with Crippen molar-refractivity contribution in [3.63, 3.8) is 0 Å². The number of ketones is 1. The lowest BCUT2D eigenvalue weighted by Gasteiger charge is -2.13. The van der Waals surface area contributed by atoms with Gasteiger partial charge in [0.1, 0.15) is 5.75 Å². The van der Waals surface area contributed by atoms with Gasteiger partial charge in [0.05, 0.1) is 0 Å². The molecule has 1 aliphatic carbocycles. The summed E-state index contributed by atoms with van der Waals surface area (Å²) in [6.07, 6.45) is 0.406. The van der Waals surface area contributed by atoms with Gasteiger partial charge in [0.2, 0.25) is 11.8 Å². The SMILES string of the molecule is O=C1CCc2c(Oc3cccc(F)n3)ccc(SC(F)(F)F)c21. The summed E-state index contributed by atoms with van der Waals surface area (Å²) in [5, 5.41) is 0. The quantitative estimate of drug-likeness (QED) is 0.458. The van der Waals surface area contributed by atoms with E-state index in [1.165, 1.54) is 24.3 Å². The highest BCUT2D eigenvalue weighted by molar-refractivity contribution is 8.00. The number of Topliss-reactive ketones (excluding diaryl/α,β-unsaturated/α-hetero) is 1. The fourth-order valence-electron chi connectivity index (χ4n) is 2.39. The molecule has 8 heteroatoms. The number of ether oxygens (including phenoxy) is 1. The highest BCUT2D eigenvalue weighted by Crippen LogP contribution is 2.44. The summed E-state index contributed by atoms with van der Waals surface area (Å²) in [5.41, 5.74) is -4.06. The van der Waals surface area contributed by atoms with Crippen LogP contribution in [0.15, 0.2) is 35.2 Å². The Morgan fingerprint density at radius 2 is 1.91 bits per heavy atom. The number of carbonyl (C=O) groups excluding carboxylic acids is 1. The third-order valence-corrected chi connectivity index (χ3v) is 4.03. The number of nitrogens with zero attached hydrogens (tertiary/aromatic N) is 1. The van der Waals surface area contributed by atoms with Crippen molar-refractivity contribution < 1.29 is 27.1 Å². The zero-order chi connectivity index (χ0) is 16.6. The average molecular weight is 343 g/mol. The Hall–Kier alpha value is -2.09. The Labute approximate surface area is 132 Å². The first-order valence-electron chi connectivity index (χ1n) is 6.59. The molecule has 1 aliphatic rings. The number of benzene rings is 1. The molecule has 120 valence electrons. The van der Waals surface area contributed by atoms with Crippen LogP contribution >= 0.6 is 11.8 Å². The van der Waals surface area contributed by atoms with E-state index in [4.69, 9.17) is 4.74 Å². The van der Waals surface area contributed by atoms with Crippen molar-refractivity contribution in [2.45, 2.75) is 23.2 Å². The monoisotopic (exact) mass is 343 g/mol. The molecule has 0 bridgehead atoms. The van der Waals surface area contributed by atoms with Gasteiger partial charge in [-0.15, -0.1) is 0 Å². The van der Waals surface area contributed by atoms with Crippen LogP contribution in [0, 0.1) is 5.95 Å². The van der Waals surface area contributed by atoms with Gasteiger partial charge in [-0.1, -0.05) is 6.07 Å². The van der Waals surface area contributed by atoms with Crippen LogP contribution in [0.4, 0.5) is 17.6 Å². The molecule has 0 unspecified atom stereocenters. The van der Waals surface area contributed by atoms with Gasteiger partial charge in [0, 0.05) is 28.5 Å². The van der Waals surface area contributed by atoms with Gasteiger partial charge in [-0.3, -0.25) is 4.79 Å². The Kier molecular flexibility index (Phi) is 4.01. The van der Waals surface area contributed by atoms with Crippen molar-refractivity contribution in [1.29, 1.82) is 0 Å². The minimum Gasteiger partial charge on any atom is -0.439 e. The van der Waals surface area contributed by atoms with Gasteiger partial charge in [-0.25, -0.2) is 0 Å². The van der Waals surface area contributed by atoms with Crippen molar-refractivity contribution in [2.75, 3.05) is 0 Å². The second-order valence-corrected chi connectivity index (χ2v) is 5.89. The molecule has 1 heterocycles. The molecule has 0 N–H and O–H groups in total. The van der Waals surface area contributed by atoms with Crippen LogP contribution in [0.1, 0.15) is 22.3 Å². The van der Waals surface area contributed by atoms with E-state index >= 15 is 0 Å². The Balaban J connectivity index is 1.99. The number of hydrogen-bond acceptors (Lipinski definition) is 4. The third kappa shape index (κ3) is 3.47. The van der Waals surface area contributed by atoms with Gasteiger partial charge in [0.15, 0.2) is 5.78 Å². The number of rotatable bonds is 3. The minimum atomic E-state index is -4.48. The van der Waals surface area contributed by atoms with Crippen LogP contribution in [-0.2, 0) is 6.42 Å². The molecular formula is C15H9F4NO2S. The summed E-state index contributed by atoms with van der Waals surface area (Å²) in [6.45, 7) is 0. The molecule has 1 aromatic heterocycles. The molecule has 3 nitrogen and oxygen atoms in total. The lowest BCUT2D eigenvalue weighted by atomic mass is 10.1. The molecule has 0 aliphatic heterocycles. The lowest BCUT2D eigenvalue weighted by molar-refractivity contribution is -0.0328. The maximum atomic E-state index is 13.1. The number of thioether (sulfide) groups is 1. The predicted octanol–water partition coefficient (Wildman–Crippen LogP) is 4.75. The first-order valence-corrected chi connectivity index (χ1v) is 7.40. The number of alkyl halides is 3. The summed E-state index contributed by atoms with van der Waals surface area (Å²) >= 11 is -0.325. The standard InChI is InChI=1S/C15H9F4NO2S/c16-12-2-1-3-13(20-12)22-10-6-7-11(23-15(17,18)19)14-8(10)4-5-9(14)21/h1-3,6-7H,4-5H2. The first-order chi connectivity index (χ1) is 10.8. The molecule has 0 fully saturated rings. The van der Waals surface area contributed by atoms with Crippen molar-refractivity contribution in [3.8, 4) is 11.6 Å². The fraction of sp³-hybridized carbons (Fsp3) is 0.200. The van der Waals surface area contributed by atoms with Crippen LogP contribution in [0.5, 0.6) is 11.6 Å².